The molecule has 0 amide bonds. The summed E-state index contributed by atoms with van der Waals surface area (Å²) in [5.41, 5.74) is 0.912. The number of hydrogen-bond donors (Lipinski definition) is 1. The topological polar surface area (TPSA) is 12.0 Å². The molecule has 0 saturated carbocycles. The Morgan fingerprint density at radius 3 is 2.47 bits per heavy atom. The van der Waals surface area contributed by atoms with E-state index in [1.165, 1.54) is 6.92 Å². The molecule has 0 spiro atoms. The van der Waals surface area contributed by atoms with Gasteiger partial charge in [-0.25, -0.2) is 8.78 Å². The molecule has 1 aromatic rings. The van der Waals surface area contributed by atoms with E-state index in [0.29, 0.717) is 5.02 Å². The summed E-state index contributed by atoms with van der Waals surface area (Å²) in [6.07, 6.45) is -2.35. The molecular formula is C11H14ClF2N. The number of hydrogen-bond acceptors (Lipinski definition) is 1. The molecule has 0 fully saturated rings. The Kier molecular flexibility index (Phi) is 4.48. The summed E-state index contributed by atoms with van der Waals surface area (Å²) in [6.45, 7) is 3.30. The standard InChI is InChI=1S/C11H14ClF2N/c1-7(15-8(2)11(13)14)9-4-3-5-10(12)6-9/h3-8,11,15H,1-2H3/t7-,8?/m0/s1. The molecule has 0 aliphatic carbocycles. The number of rotatable bonds is 4. The summed E-state index contributed by atoms with van der Waals surface area (Å²) in [7, 11) is 0. The lowest BCUT2D eigenvalue weighted by atomic mass is 10.1. The Balaban J connectivity index is 2.64. The van der Waals surface area contributed by atoms with Gasteiger partial charge in [0.1, 0.15) is 0 Å². The van der Waals surface area contributed by atoms with Crippen LogP contribution in [0.4, 0.5) is 8.78 Å². The van der Waals surface area contributed by atoms with Gasteiger partial charge in [-0.3, -0.25) is 0 Å². The van der Waals surface area contributed by atoms with Gasteiger partial charge in [0.05, 0.1) is 6.04 Å². The van der Waals surface area contributed by atoms with E-state index in [-0.39, 0.29) is 6.04 Å². The average Bonchev–Trinajstić information content (AvgIpc) is 2.17. The first-order chi connectivity index (χ1) is 7.00. The van der Waals surface area contributed by atoms with Crippen molar-refractivity contribution in [2.24, 2.45) is 0 Å². The molecule has 0 bridgehead atoms. The van der Waals surface area contributed by atoms with Crippen molar-refractivity contribution in [3.63, 3.8) is 0 Å². The molecule has 1 N–H and O–H groups in total. The fraction of sp³-hybridized carbons (Fsp3) is 0.455. The smallest absolute Gasteiger partial charge is 0.253 e. The van der Waals surface area contributed by atoms with Gasteiger partial charge in [-0.15, -0.1) is 0 Å². The van der Waals surface area contributed by atoms with Crippen LogP contribution in [-0.4, -0.2) is 12.5 Å². The number of benzene rings is 1. The van der Waals surface area contributed by atoms with Crippen LogP contribution in [0, 0.1) is 0 Å². The van der Waals surface area contributed by atoms with E-state index < -0.39 is 12.5 Å². The third kappa shape index (κ3) is 3.76. The van der Waals surface area contributed by atoms with Crippen LogP contribution in [-0.2, 0) is 0 Å². The van der Waals surface area contributed by atoms with E-state index in [1.807, 2.05) is 19.1 Å². The minimum Gasteiger partial charge on any atom is -0.302 e. The Morgan fingerprint density at radius 1 is 1.27 bits per heavy atom. The van der Waals surface area contributed by atoms with Crippen molar-refractivity contribution in [1.29, 1.82) is 0 Å². The van der Waals surface area contributed by atoms with Crippen LogP contribution in [0.2, 0.25) is 5.02 Å². The molecule has 0 aliphatic heterocycles. The van der Waals surface area contributed by atoms with Crippen LogP contribution in [0.5, 0.6) is 0 Å². The maximum atomic E-state index is 12.3. The zero-order valence-corrected chi connectivity index (χ0v) is 9.43. The summed E-state index contributed by atoms with van der Waals surface area (Å²) in [5.74, 6) is 0. The van der Waals surface area contributed by atoms with Gasteiger partial charge in [-0.1, -0.05) is 23.7 Å². The predicted molar refractivity (Wildman–Crippen MR) is 58.5 cm³/mol. The summed E-state index contributed by atoms with van der Waals surface area (Å²) >= 11 is 5.81. The first kappa shape index (κ1) is 12.4. The van der Waals surface area contributed by atoms with Crippen molar-refractivity contribution in [2.45, 2.75) is 32.4 Å². The van der Waals surface area contributed by atoms with Crippen LogP contribution >= 0.6 is 11.6 Å². The van der Waals surface area contributed by atoms with Gasteiger partial charge in [-0.05, 0) is 31.5 Å². The molecule has 84 valence electrons. The molecule has 0 heterocycles. The lowest BCUT2D eigenvalue weighted by molar-refractivity contribution is 0.101. The Bertz CT molecular complexity index is 317. The van der Waals surface area contributed by atoms with Crippen molar-refractivity contribution in [2.75, 3.05) is 0 Å². The van der Waals surface area contributed by atoms with E-state index in [9.17, 15) is 8.78 Å². The Hall–Kier alpha value is -0.670. The Labute approximate surface area is 93.4 Å². The highest BCUT2D eigenvalue weighted by molar-refractivity contribution is 6.30. The molecule has 2 atom stereocenters. The fourth-order valence-corrected chi connectivity index (χ4v) is 1.54. The molecule has 1 rings (SSSR count). The van der Waals surface area contributed by atoms with Crippen LogP contribution in [0.1, 0.15) is 25.5 Å². The fourth-order valence-electron chi connectivity index (χ4n) is 1.34. The lowest BCUT2D eigenvalue weighted by Crippen LogP contribution is -2.34. The van der Waals surface area contributed by atoms with Crippen molar-refractivity contribution < 1.29 is 8.78 Å². The van der Waals surface area contributed by atoms with Gasteiger partial charge in [-0.2, -0.15) is 0 Å². The third-order valence-corrected chi connectivity index (χ3v) is 2.47. The van der Waals surface area contributed by atoms with Crippen LogP contribution < -0.4 is 5.32 Å². The van der Waals surface area contributed by atoms with Crippen LogP contribution in [0.3, 0.4) is 0 Å². The van der Waals surface area contributed by atoms with E-state index in [2.05, 4.69) is 5.32 Å². The second-order valence-corrected chi connectivity index (χ2v) is 4.00. The summed E-state index contributed by atoms with van der Waals surface area (Å²) in [5, 5.41) is 3.43. The molecule has 1 unspecified atom stereocenters. The maximum absolute atomic E-state index is 12.3. The van der Waals surface area contributed by atoms with Gasteiger partial charge < -0.3 is 5.32 Å². The third-order valence-electron chi connectivity index (χ3n) is 2.24. The molecule has 1 aromatic carbocycles. The zero-order chi connectivity index (χ0) is 11.4. The zero-order valence-electron chi connectivity index (χ0n) is 8.68. The summed E-state index contributed by atoms with van der Waals surface area (Å²) in [6, 6.07) is 6.25. The summed E-state index contributed by atoms with van der Waals surface area (Å²) in [4.78, 5) is 0. The molecule has 0 radical (unpaired) electrons. The minimum absolute atomic E-state index is 0.132. The van der Waals surface area contributed by atoms with Crippen molar-refractivity contribution in [1.82, 2.24) is 5.32 Å². The van der Waals surface area contributed by atoms with Gasteiger partial charge in [0.25, 0.3) is 6.43 Å². The Morgan fingerprint density at radius 2 is 1.93 bits per heavy atom. The molecule has 0 aliphatic rings. The molecule has 4 heteroatoms. The SMILES string of the molecule is CC(N[C@@H](C)c1cccc(Cl)c1)C(F)F. The van der Waals surface area contributed by atoms with Gasteiger partial charge in [0, 0.05) is 11.1 Å². The minimum atomic E-state index is -2.35. The van der Waals surface area contributed by atoms with E-state index in [1.54, 1.807) is 12.1 Å². The highest BCUT2D eigenvalue weighted by atomic mass is 35.5. The molecule has 15 heavy (non-hydrogen) atoms. The largest absolute Gasteiger partial charge is 0.302 e. The second-order valence-electron chi connectivity index (χ2n) is 3.57. The average molecular weight is 234 g/mol. The lowest BCUT2D eigenvalue weighted by Gasteiger charge is -2.19. The quantitative estimate of drug-likeness (QED) is 0.837. The molecular weight excluding hydrogens is 220 g/mol. The predicted octanol–water partition coefficient (Wildman–Crippen LogP) is 3.64. The van der Waals surface area contributed by atoms with Crippen molar-refractivity contribution in [3.05, 3.63) is 34.9 Å². The number of alkyl halides is 2. The first-order valence-electron chi connectivity index (χ1n) is 4.80. The number of halogens is 3. The monoisotopic (exact) mass is 233 g/mol. The number of nitrogens with one attached hydrogen (secondary N) is 1. The van der Waals surface area contributed by atoms with E-state index in [4.69, 9.17) is 11.6 Å². The normalized spacial score (nSPS) is 15.3. The van der Waals surface area contributed by atoms with Crippen LogP contribution in [0.25, 0.3) is 0 Å². The summed E-state index contributed by atoms with van der Waals surface area (Å²) < 4.78 is 24.6. The van der Waals surface area contributed by atoms with Crippen LogP contribution in [0.15, 0.2) is 24.3 Å². The highest BCUT2D eigenvalue weighted by Crippen LogP contribution is 2.18. The van der Waals surface area contributed by atoms with Gasteiger partial charge in [0.15, 0.2) is 0 Å². The van der Waals surface area contributed by atoms with Crippen molar-refractivity contribution in [3.8, 4) is 0 Å². The molecule has 0 aromatic heterocycles. The van der Waals surface area contributed by atoms with Gasteiger partial charge >= 0.3 is 0 Å². The van der Waals surface area contributed by atoms with Crippen molar-refractivity contribution >= 4 is 11.6 Å². The van der Waals surface area contributed by atoms with Gasteiger partial charge in [0.2, 0.25) is 0 Å². The molecule has 0 saturated heterocycles. The van der Waals surface area contributed by atoms with E-state index in [0.717, 1.165) is 5.56 Å². The first-order valence-corrected chi connectivity index (χ1v) is 5.18. The maximum Gasteiger partial charge on any atom is 0.253 e. The highest BCUT2D eigenvalue weighted by Gasteiger charge is 2.17. The second kappa shape index (κ2) is 5.42. The molecule has 1 nitrogen and oxygen atoms in total. The van der Waals surface area contributed by atoms with E-state index >= 15 is 0 Å².